The van der Waals surface area contributed by atoms with E-state index in [2.05, 4.69) is 23.2 Å². The number of rotatable bonds is 3. The fourth-order valence-corrected chi connectivity index (χ4v) is 3.34. The van der Waals surface area contributed by atoms with Gasteiger partial charge in [0.15, 0.2) is 0 Å². The zero-order chi connectivity index (χ0) is 11.7. The van der Waals surface area contributed by atoms with Crippen molar-refractivity contribution in [3.05, 3.63) is 40.5 Å². The molecule has 0 atom stereocenters. The van der Waals surface area contributed by atoms with Gasteiger partial charge in [-0.25, -0.2) is 4.98 Å². The Labute approximate surface area is 106 Å². The molecule has 1 aliphatic carbocycles. The second-order valence-corrected chi connectivity index (χ2v) is 5.61. The highest BCUT2D eigenvalue weighted by molar-refractivity contribution is 7.15. The van der Waals surface area contributed by atoms with Gasteiger partial charge in [0.1, 0.15) is 0 Å². The monoisotopic (exact) mass is 244 g/mol. The molecule has 0 saturated carbocycles. The van der Waals surface area contributed by atoms with Crippen molar-refractivity contribution >= 4 is 11.3 Å². The predicted molar refractivity (Wildman–Crippen MR) is 72.3 cm³/mol. The van der Waals surface area contributed by atoms with Crippen LogP contribution in [-0.4, -0.2) is 11.5 Å². The Hall–Kier alpha value is -1.19. The Morgan fingerprint density at radius 2 is 2.12 bits per heavy atom. The molecule has 0 aliphatic heterocycles. The lowest BCUT2D eigenvalue weighted by Gasteiger charge is -2.02. The smallest absolute Gasteiger partial charge is 0.0943 e. The number of benzene rings is 1. The van der Waals surface area contributed by atoms with Crippen LogP contribution in [0.3, 0.4) is 0 Å². The molecule has 0 bridgehead atoms. The van der Waals surface area contributed by atoms with Gasteiger partial charge < -0.3 is 5.73 Å². The lowest BCUT2D eigenvalue weighted by molar-refractivity contribution is 0.912. The predicted octanol–water partition coefficient (Wildman–Crippen LogP) is 2.80. The van der Waals surface area contributed by atoms with Crippen molar-refractivity contribution in [2.24, 2.45) is 5.73 Å². The zero-order valence-electron chi connectivity index (χ0n) is 9.78. The molecule has 2 nitrogen and oxygen atoms in total. The summed E-state index contributed by atoms with van der Waals surface area (Å²) in [6.45, 7) is 0.678. The summed E-state index contributed by atoms with van der Waals surface area (Å²) < 4.78 is 0. The molecule has 0 amide bonds. The molecular weight excluding hydrogens is 228 g/mol. The van der Waals surface area contributed by atoms with Crippen molar-refractivity contribution in [3.8, 4) is 10.4 Å². The minimum atomic E-state index is 0.678. The molecule has 1 aromatic heterocycles. The SMILES string of the molecule is NCCc1ncc(-c2ccc3c(c2)CCC3)s1. The van der Waals surface area contributed by atoms with E-state index in [-0.39, 0.29) is 0 Å². The second-order valence-electron chi connectivity index (χ2n) is 4.49. The van der Waals surface area contributed by atoms with E-state index in [1.807, 2.05) is 6.20 Å². The Kier molecular flexibility index (Phi) is 2.95. The maximum atomic E-state index is 5.55. The van der Waals surface area contributed by atoms with E-state index in [1.165, 1.54) is 40.8 Å². The largest absolute Gasteiger partial charge is 0.330 e. The van der Waals surface area contributed by atoms with Crippen LogP contribution in [0.1, 0.15) is 22.6 Å². The molecule has 0 spiro atoms. The van der Waals surface area contributed by atoms with Gasteiger partial charge >= 0.3 is 0 Å². The van der Waals surface area contributed by atoms with Gasteiger partial charge in [0.05, 0.1) is 9.88 Å². The van der Waals surface area contributed by atoms with Crippen molar-refractivity contribution in [2.45, 2.75) is 25.7 Å². The fraction of sp³-hybridized carbons (Fsp3) is 0.357. The van der Waals surface area contributed by atoms with Crippen LogP contribution in [0.25, 0.3) is 10.4 Å². The van der Waals surface area contributed by atoms with E-state index in [1.54, 1.807) is 11.3 Å². The van der Waals surface area contributed by atoms with Gasteiger partial charge in [0, 0.05) is 12.6 Å². The molecule has 2 aromatic rings. The highest BCUT2D eigenvalue weighted by atomic mass is 32.1. The normalized spacial score (nSPS) is 13.9. The van der Waals surface area contributed by atoms with Crippen LogP contribution in [0.5, 0.6) is 0 Å². The molecule has 0 saturated heterocycles. The summed E-state index contributed by atoms with van der Waals surface area (Å²) in [5, 5.41) is 1.14. The van der Waals surface area contributed by atoms with Crippen molar-refractivity contribution < 1.29 is 0 Å². The van der Waals surface area contributed by atoms with E-state index < -0.39 is 0 Å². The third-order valence-electron chi connectivity index (χ3n) is 3.29. The molecule has 88 valence electrons. The molecule has 1 heterocycles. The summed E-state index contributed by atoms with van der Waals surface area (Å²) in [6.07, 6.45) is 6.65. The molecule has 0 fully saturated rings. The summed E-state index contributed by atoms with van der Waals surface area (Å²) >= 11 is 1.76. The molecule has 1 aromatic carbocycles. The molecule has 0 unspecified atom stereocenters. The van der Waals surface area contributed by atoms with Gasteiger partial charge in [-0.15, -0.1) is 11.3 Å². The van der Waals surface area contributed by atoms with Crippen LogP contribution >= 0.6 is 11.3 Å². The van der Waals surface area contributed by atoms with E-state index in [9.17, 15) is 0 Å². The average Bonchev–Trinajstić information content (AvgIpc) is 2.96. The lowest BCUT2D eigenvalue weighted by Crippen LogP contribution is -2.01. The topological polar surface area (TPSA) is 38.9 Å². The zero-order valence-corrected chi connectivity index (χ0v) is 10.6. The van der Waals surface area contributed by atoms with Crippen LogP contribution in [0.4, 0.5) is 0 Å². The van der Waals surface area contributed by atoms with E-state index in [4.69, 9.17) is 5.73 Å². The second kappa shape index (κ2) is 4.59. The Morgan fingerprint density at radius 3 is 3.00 bits per heavy atom. The minimum absolute atomic E-state index is 0.678. The number of aromatic nitrogens is 1. The number of hydrogen-bond donors (Lipinski definition) is 1. The maximum absolute atomic E-state index is 5.55. The third-order valence-corrected chi connectivity index (χ3v) is 4.40. The summed E-state index contributed by atoms with van der Waals surface area (Å²) in [5.74, 6) is 0. The highest BCUT2D eigenvalue weighted by Crippen LogP contribution is 2.31. The van der Waals surface area contributed by atoms with Gasteiger partial charge in [0.25, 0.3) is 0 Å². The molecular formula is C14H16N2S. The van der Waals surface area contributed by atoms with Crippen molar-refractivity contribution in [1.29, 1.82) is 0 Å². The summed E-state index contributed by atoms with van der Waals surface area (Å²) in [6, 6.07) is 6.84. The van der Waals surface area contributed by atoms with E-state index in [0.29, 0.717) is 6.54 Å². The molecule has 0 radical (unpaired) electrons. The number of aryl methyl sites for hydroxylation is 2. The first kappa shape index (κ1) is 10.9. The van der Waals surface area contributed by atoms with Gasteiger partial charge in [-0.05, 0) is 42.5 Å². The summed E-state index contributed by atoms with van der Waals surface area (Å²) in [4.78, 5) is 5.68. The number of fused-ring (bicyclic) bond motifs is 1. The number of nitrogens with two attached hydrogens (primary N) is 1. The fourth-order valence-electron chi connectivity index (χ4n) is 2.41. The van der Waals surface area contributed by atoms with Crippen LogP contribution < -0.4 is 5.73 Å². The number of hydrogen-bond acceptors (Lipinski definition) is 3. The number of nitrogens with zero attached hydrogens (tertiary/aromatic N) is 1. The summed E-state index contributed by atoms with van der Waals surface area (Å²) in [7, 11) is 0. The van der Waals surface area contributed by atoms with Crippen LogP contribution in [-0.2, 0) is 19.3 Å². The first-order valence-corrected chi connectivity index (χ1v) is 6.95. The van der Waals surface area contributed by atoms with E-state index >= 15 is 0 Å². The molecule has 17 heavy (non-hydrogen) atoms. The van der Waals surface area contributed by atoms with Crippen molar-refractivity contribution in [2.75, 3.05) is 6.54 Å². The average molecular weight is 244 g/mol. The molecule has 3 rings (SSSR count). The van der Waals surface area contributed by atoms with Gasteiger partial charge in [-0.2, -0.15) is 0 Å². The quantitative estimate of drug-likeness (QED) is 0.901. The number of thiazole rings is 1. The first-order valence-electron chi connectivity index (χ1n) is 6.14. The Bertz CT molecular complexity index is 531. The lowest BCUT2D eigenvalue weighted by atomic mass is 10.1. The van der Waals surface area contributed by atoms with Crippen LogP contribution in [0, 0.1) is 0 Å². The van der Waals surface area contributed by atoms with E-state index in [0.717, 1.165) is 11.4 Å². The Balaban J connectivity index is 1.92. The van der Waals surface area contributed by atoms with Crippen molar-refractivity contribution in [3.63, 3.8) is 0 Å². The first-order chi connectivity index (χ1) is 8.36. The van der Waals surface area contributed by atoms with Gasteiger partial charge in [0.2, 0.25) is 0 Å². The van der Waals surface area contributed by atoms with Crippen LogP contribution in [0.2, 0.25) is 0 Å². The minimum Gasteiger partial charge on any atom is -0.330 e. The third kappa shape index (κ3) is 2.13. The maximum Gasteiger partial charge on any atom is 0.0943 e. The molecule has 1 aliphatic rings. The molecule has 2 N–H and O–H groups in total. The Morgan fingerprint density at radius 1 is 1.24 bits per heavy atom. The van der Waals surface area contributed by atoms with Crippen molar-refractivity contribution in [1.82, 2.24) is 4.98 Å². The molecule has 3 heteroatoms. The van der Waals surface area contributed by atoms with Gasteiger partial charge in [-0.3, -0.25) is 0 Å². The highest BCUT2D eigenvalue weighted by Gasteiger charge is 2.12. The van der Waals surface area contributed by atoms with Crippen LogP contribution in [0.15, 0.2) is 24.4 Å². The summed E-state index contributed by atoms with van der Waals surface area (Å²) in [5.41, 5.74) is 9.91. The van der Waals surface area contributed by atoms with Gasteiger partial charge in [-0.1, -0.05) is 18.2 Å². The standard InChI is InChI=1S/C14H16N2S/c15-7-6-14-16-9-13(17-14)12-5-4-10-2-1-3-11(10)8-12/h4-5,8-9H,1-3,6-7,15H2.